The van der Waals surface area contributed by atoms with Gasteiger partial charge < -0.3 is 4.90 Å². The molecule has 1 aliphatic rings. The summed E-state index contributed by atoms with van der Waals surface area (Å²) in [5, 5.41) is 16.9. The minimum atomic E-state index is -0.339. The first-order valence-corrected chi connectivity index (χ1v) is 30.7. The molecule has 0 saturated carbocycles. The van der Waals surface area contributed by atoms with Gasteiger partial charge in [0.1, 0.15) is 0 Å². The van der Waals surface area contributed by atoms with Crippen LogP contribution < -0.4 is 4.90 Å². The number of hydrogen-bond acceptors (Lipinski definition) is 4. The largest absolute Gasteiger partial charge is 0.309 e. The van der Waals surface area contributed by atoms with Crippen molar-refractivity contribution >= 4 is 104 Å². The Balaban J connectivity index is 0.914. The Morgan fingerprint density at radius 2 is 0.787 bits per heavy atom. The second-order valence-electron chi connectivity index (χ2n) is 24.3. The highest BCUT2D eigenvalue weighted by atomic mass is 15.2. The fourth-order valence-corrected chi connectivity index (χ4v) is 14.7. The molecule has 5 nitrogen and oxygen atoms in total. The highest BCUT2D eigenvalue weighted by molar-refractivity contribution is 6.27. The summed E-state index contributed by atoms with van der Waals surface area (Å²) in [6.07, 6.45) is 0. The van der Waals surface area contributed by atoms with Crippen LogP contribution in [0.15, 0.2) is 297 Å². The number of para-hydroxylation sites is 1. The molecule has 0 unspecified atom stereocenters. The Morgan fingerprint density at radius 1 is 0.292 bits per heavy atom. The van der Waals surface area contributed by atoms with Gasteiger partial charge in [0.15, 0.2) is 11.6 Å². The molecule has 0 amide bonds. The molecule has 17 aromatic rings. The number of hydrogen-bond donors (Lipinski definition) is 0. The molecule has 0 N–H and O–H groups in total. The number of rotatable bonds is 8. The molecular formula is C84H55N5. The summed E-state index contributed by atoms with van der Waals surface area (Å²) >= 11 is 0. The predicted octanol–water partition coefficient (Wildman–Crippen LogP) is 22.3. The smallest absolute Gasteiger partial charge is 0.238 e. The zero-order chi connectivity index (χ0) is 58.9. The number of fused-ring (bicyclic) bond motifs is 15. The highest BCUT2D eigenvalue weighted by Crippen LogP contribution is 2.55. The van der Waals surface area contributed by atoms with Gasteiger partial charge >= 0.3 is 0 Å². The van der Waals surface area contributed by atoms with Gasteiger partial charge in [-0.3, -0.25) is 4.57 Å². The average Bonchev–Trinajstić information content (AvgIpc) is 1.68. The molecule has 1 aliphatic carbocycles. The fraction of sp³-hybridized carbons (Fsp3) is 0.0357. The Kier molecular flexibility index (Phi) is 11.3. The van der Waals surface area contributed by atoms with Crippen molar-refractivity contribution in [1.29, 1.82) is 0 Å². The average molecular weight is 1130 g/mol. The lowest BCUT2D eigenvalue weighted by Gasteiger charge is -2.29. The van der Waals surface area contributed by atoms with Gasteiger partial charge in [0, 0.05) is 49.5 Å². The standard InChI is InChI=1S/C84H55N5/c1-84(2)75-49-70-64-36-17-15-34-62(64)61-33-14-16-35-63(61)69(70)48-71(75)72-51-78-74(50-76(72)84)73-47-57(42-44-77(73)89(78)83-86-81(54-26-8-4-9-27-54)85-82(87-83)58-30-22-29-55(45-58)52-23-6-3-7-24-52)79-65-37-18-20-39-67(65)80(68-40-21-19-38-66(68)79)88(59-31-10-5-11-32-59)60-43-41-53-25-12-13-28-56(53)46-60/h3-51H,1-2H3. The van der Waals surface area contributed by atoms with E-state index in [1.54, 1.807) is 0 Å². The zero-order valence-corrected chi connectivity index (χ0v) is 49.0. The lowest BCUT2D eigenvalue weighted by Crippen LogP contribution is -2.15. The minimum Gasteiger partial charge on any atom is -0.309 e. The van der Waals surface area contributed by atoms with Crippen molar-refractivity contribution < 1.29 is 0 Å². The Hall–Kier alpha value is -11.5. The Morgan fingerprint density at radius 3 is 1.45 bits per heavy atom. The van der Waals surface area contributed by atoms with Crippen LogP contribution in [0.25, 0.3) is 149 Å². The molecule has 15 aromatic carbocycles. The lowest BCUT2D eigenvalue weighted by atomic mass is 9.81. The first-order chi connectivity index (χ1) is 43.9. The van der Waals surface area contributed by atoms with E-state index in [2.05, 4.69) is 315 Å². The monoisotopic (exact) mass is 1130 g/mol. The van der Waals surface area contributed by atoms with Gasteiger partial charge in [-0.15, -0.1) is 0 Å². The maximum atomic E-state index is 5.57. The summed E-state index contributed by atoms with van der Waals surface area (Å²) in [5.41, 5.74) is 16.5. The highest BCUT2D eigenvalue weighted by Gasteiger charge is 2.38. The molecule has 0 fully saturated rings. The van der Waals surface area contributed by atoms with E-state index in [9.17, 15) is 0 Å². The van der Waals surface area contributed by atoms with Crippen molar-refractivity contribution in [3.05, 3.63) is 308 Å². The van der Waals surface area contributed by atoms with Crippen LogP contribution in [0.2, 0.25) is 0 Å². The number of anilines is 3. The maximum Gasteiger partial charge on any atom is 0.238 e. The zero-order valence-electron chi connectivity index (χ0n) is 49.0. The minimum absolute atomic E-state index is 0.339. The van der Waals surface area contributed by atoms with Gasteiger partial charge in [0.25, 0.3) is 0 Å². The molecule has 0 atom stereocenters. The second-order valence-corrected chi connectivity index (χ2v) is 24.3. The molecule has 5 heteroatoms. The normalized spacial score (nSPS) is 12.7. The third-order valence-electron chi connectivity index (χ3n) is 18.9. The van der Waals surface area contributed by atoms with Crippen LogP contribution in [0.3, 0.4) is 0 Å². The SMILES string of the molecule is CC1(C)c2cc3c4ccccc4c4ccccc4c3cc2-c2cc3c(cc21)c1cc(-c2c4ccccc4c(N(c4ccccc4)c4ccc5ccccc5c4)c4ccccc24)ccc1n3-c1nc(-c2ccccc2)nc(-c2cccc(-c3ccccc3)c2)n1. The quantitative estimate of drug-likeness (QED) is 0.112. The first-order valence-electron chi connectivity index (χ1n) is 30.7. The molecule has 0 bridgehead atoms. The second kappa shape index (κ2) is 19.8. The molecule has 416 valence electrons. The van der Waals surface area contributed by atoms with Gasteiger partial charge in [0.05, 0.1) is 16.7 Å². The lowest BCUT2D eigenvalue weighted by molar-refractivity contribution is 0.662. The van der Waals surface area contributed by atoms with Crippen LogP contribution in [0.1, 0.15) is 25.0 Å². The molecule has 0 spiro atoms. The van der Waals surface area contributed by atoms with Crippen molar-refractivity contribution in [2.75, 3.05) is 4.90 Å². The van der Waals surface area contributed by atoms with Crippen molar-refractivity contribution in [1.82, 2.24) is 19.5 Å². The maximum absolute atomic E-state index is 5.57. The van der Waals surface area contributed by atoms with Crippen LogP contribution >= 0.6 is 0 Å². The van der Waals surface area contributed by atoms with Gasteiger partial charge in [-0.25, -0.2) is 4.98 Å². The third-order valence-corrected chi connectivity index (χ3v) is 18.9. The van der Waals surface area contributed by atoms with Crippen molar-refractivity contribution in [2.45, 2.75) is 19.3 Å². The molecule has 0 radical (unpaired) electrons. The molecule has 0 aliphatic heterocycles. The first kappa shape index (κ1) is 50.8. The van der Waals surface area contributed by atoms with E-state index in [-0.39, 0.29) is 5.41 Å². The summed E-state index contributed by atoms with van der Waals surface area (Å²) in [4.78, 5) is 18.8. The summed E-state index contributed by atoms with van der Waals surface area (Å²) in [7, 11) is 0. The predicted molar refractivity (Wildman–Crippen MR) is 373 cm³/mol. The molecule has 2 heterocycles. The van der Waals surface area contributed by atoms with E-state index in [0.29, 0.717) is 17.6 Å². The van der Waals surface area contributed by atoms with Crippen LogP contribution in [0, 0.1) is 0 Å². The van der Waals surface area contributed by atoms with Gasteiger partial charge in [-0.1, -0.05) is 244 Å². The Labute approximate surface area is 514 Å². The summed E-state index contributed by atoms with van der Waals surface area (Å²) in [6, 6.07) is 108. The summed E-state index contributed by atoms with van der Waals surface area (Å²) < 4.78 is 2.31. The van der Waals surface area contributed by atoms with Crippen LogP contribution in [-0.4, -0.2) is 19.5 Å². The topological polar surface area (TPSA) is 46.8 Å². The van der Waals surface area contributed by atoms with E-state index in [1.165, 1.54) is 81.7 Å². The van der Waals surface area contributed by atoms with E-state index in [4.69, 9.17) is 15.0 Å². The Bertz CT molecular complexity index is 5710. The molecular weight excluding hydrogens is 1080 g/mol. The summed E-state index contributed by atoms with van der Waals surface area (Å²) in [5.74, 6) is 1.75. The molecule has 89 heavy (non-hydrogen) atoms. The van der Waals surface area contributed by atoms with Crippen molar-refractivity contribution in [3.63, 3.8) is 0 Å². The van der Waals surface area contributed by atoms with Crippen LogP contribution in [-0.2, 0) is 5.41 Å². The van der Waals surface area contributed by atoms with E-state index in [0.717, 1.165) is 77.5 Å². The molecule has 0 saturated heterocycles. The fourth-order valence-electron chi connectivity index (χ4n) is 14.7. The molecule has 18 rings (SSSR count). The van der Waals surface area contributed by atoms with Crippen molar-refractivity contribution in [2.24, 2.45) is 0 Å². The van der Waals surface area contributed by atoms with Gasteiger partial charge in [-0.05, 0) is 165 Å². The number of benzene rings is 15. The number of nitrogens with zero attached hydrogens (tertiary/aromatic N) is 5. The van der Waals surface area contributed by atoms with E-state index < -0.39 is 0 Å². The summed E-state index contributed by atoms with van der Waals surface area (Å²) in [6.45, 7) is 4.82. The number of aromatic nitrogens is 4. The van der Waals surface area contributed by atoms with Crippen LogP contribution in [0.4, 0.5) is 17.1 Å². The van der Waals surface area contributed by atoms with Gasteiger partial charge in [-0.2, -0.15) is 9.97 Å². The van der Waals surface area contributed by atoms with Gasteiger partial charge in [0.2, 0.25) is 5.95 Å². The van der Waals surface area contributed by atoms with Crippen molar-refractivity contribution in [3.8, 4) is 62.1 Å². The molecule has 2 aromatic heterocycles. The van der Waals surface area contributed by atoms with E-state index >= 15 is 0 Å². The third kappa shape index (κ3) is 7.92. The van der Waals surface area contributed by atoms with E-state index in [1.807, 2.05) is 6.07 Å². The van der Waals surface area contributed by atoms with Crippen LogP contribution in [0.5, 0.6) is 0 Å².